The lowest BCUT2D eigenvalue weighted by molar-refractivity contribution is 0.0777. The van der Waals surface area contributed by atoms with Crippen molar-refractivity contribution in [3.63, 3.8) is 0 Å². The molecule has 1 saturated heterocycles. The van der Waals surface area contributed by atoms with Crippen LogP contribution in [-0.2, 0) is 11.3 Å². The molecule has 1 N–H and O–H groups in total. The van der Waals surface area contributed by atoms with Crippen molar-refractivity contribution in [2.75, 3.05) is 53.6 Å². The number of nitrogens with zero attached hydrogens (tertiary/aromatic N) is 4. The Balaban J connectivity index is 2.08. The largest absolute Gasteiger partial charge is 0.396 e. The van der Waals surface area contributed by atoms with Gasteiger partial charge in [0.15, 0.2) is 0 Å². The number of aliphatic hydroxyl groups excluding tert-OH is 1. The summed E-state index contributed by atoms with van der Waals surface area (Å²) in [5.74, 6) is 0.434. The van der Waals surface area contributed by atoms with E-state index in [0.717, 1.165) is 31.0 Å². The predicted octanol–water partition coefficient (Wildman–Crippen LogP) is 0.779. The van der Waals surface area contributed by atoms with Crippen LogP contribution in [0.15, 0.2) is 0 Å². The molecule has 0 bridgehead atoms. The van der Waals surface area contributed by atoms with Gasteiger partial charge in [-0.25, -0.2) is 0 Å². The van der Waals surface area contributed by atoms with Crippen molar-refractivity contribution in [2.45, 2.75) is 27.3 Å². The molecule has 1 fully saturated rings. The topological polar surface area (TPSA) is 70.8 Å². The third kappa shape index (κ3) is 4.40. The average Bonchev–Trinajstić information content (AvgIpc) is 3.12. The van der Waals surface area contributed by atoms with E-state index in [-0.39, 0.29) is 24.3 Å². The molecule has 2 rings (SSSR count). The quantitative estimate of drug-likeness (QED) is 0.749. The molecule has 7 heteroatoms. The average molecular weight is 352 g/mol. The normalized spacial score (nSPS) is 20.7. The minimum Gasteiger partial charge on any atom is -0.396 e. The van der Waals surface area contributed by atoms with Gasteiger partial charge in [0.25, 0.3) is 5.91 Å². The number of aryl methyl sites for hydroxylation is 2. The molecular formula is C18H32N4O3. The maximum atomic E-state index is 13.0. The molecule has 2 atom stereocenters. The molecule has 7 nitrogen and oxygen atoms in total. The van der Waals surface area contributed by atoms with E-state index in [0.29, 0.717) is 25.3 Å². The third-order valence-electron chi connectivity index (χ3n) is 5.22. The van der Waals surface area contributed by atoms with Crippen molar-refractivity contribution in [1.82, 2.24) is 19.6 Å². The van der Waals surface area contributed by atoms with Gasteiger partial charge in [-0.05, 0) is 33.7 Å². The van der Waals surface area contributed by atoms with Gasteiger partial charge in [-0.3, -0.25) is 9.48 Å². The van der Waals surface area contributed by atoms with Crippen LogP contribution in [0.4, 0.5) is 0 Å². The van der Waals surface area contributed by atoms with E-state index in [1.54, 1.807) is 7.11 Å². The summed E-state index contributed by atoms with van der Waals surface area (Å²) in [5.41, 5.74) is 2.42. The fourth-order valence-electron chi connectivity index (χ4n) is 3.73. The summed E-state index contributed by atoms with van der Waals surface area (Å²) in [4.78, 5) is 17.1. The first-order chi connectivity index (χ1) is 11.9. The maximum absolute atomic E-state index is 13.0. The second-order valence-electron chi connectivity index (χ2n) is 7.03. The highest BCUT2D eigenvalue weighted by Crippen LogP contribution is 2.27. The van der Waals surface area contributed by atoms with Gasteiger partial charge in [-0.1, -0.05) is 0 Å². The van der Waals surface area contributed by atoms with Crippen molar-refractivity contribution in [3.05, 3.63) is 17.0 Å². The van der Waals surface area contributed by atoms with Gasteiger partial charge in [0.05, 0.1) is 17.9 Å². The molecule has 1 aliphatic rings. The second-order valence-corrected chi connectivity index (χ2v) is 7.03. The summed E-state index contributed by atoms with van der Waals surface area (Å²) in [6.45, 7) is 10.4. The maximum Gasteiger partial charge on any atom is 0.257 e. The highest BCUT2D eigenvalue weighted by atomic mass is 16.5. The van der Waals surface area contributed by atoms with E-state index < -0.39 is 0 Å². The Morgan fingerprint density at radius 2 is 2.04 bits per heavy atom. The van der Waals surface area contributed by atoms with Crippen molar-refractivity contribution in [2.24, 2.45) is 11.8 Å². The van der Waals surface area contributed by atoms with Crippen LogP contribution in [-0.4, -0.2) is 84.1 Å². The number of carbonyl (C=O) groups is 1. The summed E-state index contributed by atoms with van der Waals surface area (Å²) < 4.78 is 6.99. The number of aliphatic hydroxyl groups is 1. The van der Waals surface area contributed by atoms with E-state index in [9.17, 15) is 9.90 Å². The molecular weight excluding hydrogens is 320 g/mol. The lowest BCUT2D eigenvalue weighted by atomic mass is 9.96. The number of rotatable bonds is 8. The van der Waals surface area contributed by atoms with Gasteiger partial charge < -0.3 is 19.6 Å². The van der Waals surface area contributed by atoms with Crippen LogP contribution in [0, 0.1) is 25.7 Å². The lowest BCUT2D eigenvalue weighted by Crippen LogP contribution is -2.34. The molecule has 25 heavy (non-hydrogen) atoms. The molecule has 1 aromatic rings. The number of likely N-dealkylation sites (N-methyl/N-ethyl adjacent to an activating group) is 1. The van der Waals surface area contributed by atoms with Crippen molar-refractivity contribution < 1.29 is 14.6 Å². The number of methoxy groups -OCH3 is 1. The number of ether oxygens (including phenoxy) is 1. The summed E-state index contributed by atoms with van der Waals surface area (Å²) in [5, 5.41) is 14.2. The first-order valence-electron chi connectivity index (χ1n) is 9.04. The van der Waals surface area contributed by atoms with E-state index in [4.69, 9.17) is 4.74 Å². The van der Waals surface area contributed by atoms with E-state index in [2.05, 4.69) is 17.0 Å². The van der Waals surface area contributed by atoms with Crippen LogP contribution < -0.4 is 0 Å². The molecule has 0 unspecified atom stereocenters. The Bertz CT molecular complexity index is 587. The molecule has 142 valence electrons. The zero-order valence-electron chi connectivity index (χ0n) is 16.2. The number of hydrogen-bond donors (Lipinski definition) is 1. The van der Waals surface area contributed by atoms with Crippen LogP contribution in [0.5, 0.6) is 0 Å². The predicted molar refractivity (Wildman–Crippen MR) is 96.7 cm³/mol. The molecule has 0 aromatic carbocycles. The fourth-order valence-corrected chi connectivity index (χ4v) is 3.73. The lowest BCUT2D eigenvalue weighted by Gasteiger charge is -2.23. The van der Waals surface area contributed by atoms with Gasteiger partial charge >= 0.3 is 0 Å². The zero-order chi connectivity index (χ0) is 18.6. The highest BCUT2D eigenvalue weighted by molar-refractivity contribution is 5.96. The summed E-state index contributed by atoms with van der Waals surface area (Å²) in [7, 11) is 3.75. The highest BCUT2D eigenvalue weighted by Gasteiger charge is 2.37. The van der Waals surface area contributed by atoms with E-state index in [1.807, 2.05) is 30.4 Å². The Kier molecular flexibility index (Phi) is 6.98. The molecule has 0 radical (unpaired) electrons. The van der Waals surface area contributed by atoms with Crippen molar-refractivity contribution in [3.8, 4) is 0 Å². The summed E-state index contributed by atoms with van der Waals surface area (Å²) in [6, 6.07) is 0. The van der Waals surface area contributed by atoms with Crippen LogP contribution in [0.2, 0.25) is 0 Å². The van der Waals surface area contributed by atoms with Crippen LogP contribution in [0.25, 0.3) is 0 Å². The molecule has 0 aliphatic carbocycles. The minimum atomic E-state index is 0.0372. The molecule has 2 heterocycles. The van der Waals surface area contributed by atoms with E-state index >= 15 is 0 Å². The number of carbonyl (C=O) groups excluding carboxylic acids is 1. The Labute approximate surface area is 150 Å². The van der Waals surface area contributed by atoms with Gasteiger partial charge in [-0.15, -0.1) is 0 Å². The zero-order valence-corrected chi connectivity index (χ0v) is 16.2. The van der Waals surface area contributed by atoms with Gasteiger partial charge in [0.1, 0.15) is 0 Å². The number of hydrogen-bond acceptors (Lipinski definition) is 5. The number of aromatic nitrogens is 2. The molecule has 1 aromatic heterocycles. The van der Waals surface area contributed by atoms with Crippen LogP contribution in [0.1, 0.15) is 28.7 Å². The van der Waals surface area contributed by atoms with Gasteiger partial charge in [0.2, 0.25) is 0 Å². The summed E-state index contributed by atoms with van der Waals surface area (Å²) in [6.07, 6.45) is 0. The first-order valence-corrected chi connectivity index (χ1v) is 9.04. The Morgan fingerprint density at radius 3 is 2.60 bits per heavy atom. The van der Waals surface area contributed by atoms with Crippen LogP contribution >= 0.6 is 0 Å². The minimum absolute atomic E-state index is 0.0372. The SMILES string of the molecule is CCn1nc(C)c(C(=O)N2C[C@@H](CN(C)CCOC)[C@@H](CO)C2)c1C. The molecule has 0 saturated carbocycles. The second kappa shape index (κ2) is 8.78. The Hall–Kier alpha value is -1.44. The molecule has 0 spiro atoms. The number of amides is 1. The first kappa shape index (κ1) is 19.9. The van der Waals surface area contributed by atoms with Gasteiger partial charge in [0, 0.05) is 58.1 Å². The van der Waals surface area contributed by atoms with Gasteiger partial charge in [-0.2, -0.15) is 5.10 Å². The number of likely N-dealkylation sites (tertiary alicyclic amines) is 1. The van der Waals surface area contributed by atoms with Crippen molar-refractivity contribution in [1.29, 1.82) is 0 Å². The van der Waals surface area contributed by atoms with Crippen molar-refractivity contribution >= 4 is 5.91 Å². The standard InChI is InChI=1S/C18H32N4O3/c1-6-22-14(3)17(13(2)19-22)18(24)21-10-15(16(11-21)12-23)9-20(4)7-8-25-5/h15-16,23H,6-12H2,1-5H3/t15-,16-/m1/s1. The Morgan fingerprint density at radius 1 is 1.36 bits per heavy atom. The molecule has 1 aliphatic heterocycles. The van der Waals surface area contributed by atoms with Crippen LogP contribution in [0.3, 0.4) is 0 Å². The smallest absolute Gasteiger partial charge is 0.257 e. The monoisotopic (exact) mass is 352 g/mol. The molecule has 1 amide bonds. The summed E-state index contributed by atoms with van der Waals surface area (Å²) >= 11 is 0. The fraction of sp³-hybridized carbons (Fsp3) is 0.778. The van der Waals surface area contributed by atoms with E-state index in [1.165, 1.54) is 0 Å². The third-order valence-corrected chi connectivity index (χ3v) is 5.22.